The van der Waals surface area contributed by atoms with E-state index in [1.807, 2.05) is 18.2 Å². The second kappa shape index (κ2) is 5.23. The van der Waals surface area contributed by atoms with Crippen LogP contribution in [0.1, 0.15) is 40.8 Å². The molecule has 3 heteroatoms. The van der Waals surface area contributed by atoms with E-state index in [1.54, 1.807) is 0 Å². The molecule has 1 unspecified atom stereocenters. The van der Waals surface area contributed by atoms with Crippen molar-refractivity contribution in [1.82, 2.24) is 0 Å². The van der Waals surface area contributed by atoms with E-state index in [1.165, 1.54) is 16.7 Å². The van der Waals surface area contributed by atoms with Crippen LogP contribution in [0.2, 0.25) is 0 Å². The largest absolute Gasteiger partial charge is 0.485 e. The van der Waals surface area contributed by atoms with Gasteiger partial charge in [0.2, 0.25) is 0 Å². The third-order valence-corrected chi connectivity index (χ3v) is 4.51. The number of halogens is 1. The van der Waals surface area contributed by atoms with Crippen LogP contribution in [0, 0.1) is 13.8 Å². The maximum atomic E-state index is 6.30. The van der Waals surface area contributed by atoms with E-state index in [-0.39, 0.29) is 12.1 Å². The molecule has 0 fully saturated rings. The number of fused-ring (bicyclic) bond motifs is 1. The second-order valence-corrected chi connectivity index (χ2v) is 6.39. The molecular weight excluding hydrogens is 314 g/mol. The van der Waals surface area contributed by atoms with E-state index in [0.29, 0.717) is 0 Å². The smallest absolute Gasteiger partial charge is 0.126 e. The molecule has 0 saturated carbocycles. The number of rotatable bonds is 1. The molecule has 0 bridgehead atoms. The van der Waals surface area contributed by atoms with Crippen LogP contribution >= 0.6 is 15.9 Å². The van der Waals surface area contributed by atoms with Crippen molar-refractivity contribution >= 4 is 15.9 Å². The SMILES string of the molecule is Cc1ccc(C2C[C@H](N)c3ccc(Br)cc3O2)cc1C. The fourth-order valence-electron chi connectivity index (χ4n) is 2.64. The first-order valence-electron chi connectivity index (χ1n) is 6.83. The van der Waals surface area contributed by atoms with E-state index in [0.717, 1.165) is 22.2 Å². The highest BCUT2D eigenvalue weighted by Crippen LogP contribution is 2.41. The van der Waals surface area contributed by atoms with Gasteiger partial charge in [-0.15, -0.1) is 0 Å². The minimum absolute atomic E-state index is 0.0264. The zero-order chi connectivity index (χ0) is 14.3. The Morgan fingerprint density at radius 1 is 1.10 bits per heavy atom. The van der Waals surface area contributed by atoms with Gasteiger partial charge in [-0.3, -0.25) is 0 Å². The first-order chi connectivity index (χ1) is 9.54. The van der Waals surface area contributed by atoms with Crippen LogP contribution in [-0.2, 0) is 0 Å². The van der Waals surface area contributed by atoms with Crippen LogP contribution in [0.15, 0.2) is 40.9 Å². The minimum atomic E-state index is 0.0264. The summed E-state index contributed by atoms with van der Waals surface area (Å²) in [7, 11) is 0. The van der Waals surface area contributed by atoms with Crippen molar-refractivity contribution in [2.24, 2.45) is 5.73 Å². The average molecular weight is 332 g/mol. The zero-order valence-corrected chi connectivity index (χ0v) is 13.3. The number of ether oxygens (including phenoxy) is 1. The molecule has 0 aliphatic carbocycles. The molecule has 2 nitrogen and oxygen atoms in total. The summed E-state index contributed by atoms with van der Waals surface area (Å²) in [5.74, 6) is 0.890. The van der Waals surface area contributed by atoms with Crippen molar-refractivity contribution in [2.75, 3.05) is 0 Å². The molecule has 0 saturated heterocycles. The predicted octanol–water partition coefficient (Wildman–Crippen LogP) is 4.59. The normalized spacial score (nSPS) is 21.2. The Balaban J connectivity index is 1.96. The summed E-state index contributed by atoms with van der Waals surface area (Å²) in [6.07, 6.45) is 0.850. The summed E-state index contributed by atoms with van der Waals surface area (Å²) < 4.78 is 7.17. The average Bonchev–Trinajstić information content (AvgIpc) is 2.41. The van der Waals surface area contributed by atoms with Crippen molar-refractivity contribution in [2.45, 2.75) is 32.4 Å². The fraction of sp³-hybridized carbons (Fsp3) is 0.294. The van der Waals surface area contributed by atoms with Crippen molar-refractivity contribution in [3.05, 3.63) is 63.1 Å². The Hall–Kier alpha value is -1.32. The lowest BCUT2D eigenvalue weighted by atomic mass is 9.92. The Kier molecular flexibility index (Phi) is 3.57. The Bertz CT molecular complexity index is 653. The van der Waals surface area contributed by atoms with Gasteiger partial charge in [0.05, 0.1) is 0 Å². The topological polar surface area (TPSA) is 35.2 Å². The van der Waals surface area contributed by atoms with E-state index in [9.17, 15) is 0 Å². The van der Waals surface area contributed by atoms with E-state index >= 15 is 0 Å². The predicted molar refractivity (Wildman–Crippen MR) is 85.0 cm³/mol. The van der Waals surface area contributed by atoms with Gasteiger partial charge in [-0.25, -0.2) is 0 Å². The molecule has 1 aliphatic heterocycles. The highest BCUT2D eigenvalue weighted by molar-refractivity contribution is 9.10. The van der Waals surface area contributed by atoms with Gasteiger partial charge in [0.1, 0.15) is 11.9 Å². The molecule has 0 aromatic heterocycles. The second-order valence-electron chi connectivity index (χ2n) is 5.47. The number of aryl methyl sites for hydroxylation is 2. The standard InChI is InChI=1S/C17H18BrNO/c1-10-3-4-12(7-11(10)2)16-9-15(19)14-6-5-13(18)8-17(14)20-16/h3-8,15-16H,9,19H2,1-2H3/t15-,16?/m0/s1. The summed E-state index contributed by atoms with van der Waals surface area (Å²) >= 11 is 3.49. The summed E-state index contributed by atoms with van der Waals surface area (Å²) in [6.45, 7) is 4.26. The maximum Gasteiger partial charge on any atom is 0.126 e. The van der Waals surface area contributed by atoms with Crippen molar-refractivity contribution < 1.29 is 4.74 Å². The molecule has 2 atom stereocenters. The molecule has 1 heterocycles. The van der Waals surface area contributed by atoms with Gasteiger partial charge in [0.25, 0.3) is 0 Å². The van der Waals surface area contributed by atoms with Gasteiger partial charge in [-0.2, -0.15) is 0 Å². The Morgan fingerprint density at radius 3 is 2.65 bits per heavy atom. The van der Waals surface area contributed by atoms with Crippen molar-refractivity contribution in [3.63, 3.8) is 0 Å². The Labute approximate surface area is 128 Å². The summed E-state index contributed by atoms with van der Waals surface area (Å²) in [4.78, 5) is 0. The van der Waals surface area contributed by atoms with E-state index in [4.69, 9.17) is 10.5 Å². The number of hydrogen-bond donors (Lipinski definition) is 1. The zero-order valence-electron chi connectivity index (χ0n) is 11.7. The fourth-order valence-corrected chi connectivity index (χ4v) is 2.98. The van der Waals surface area contributed by atoms with Crippen LogP contribution in [0.3, 0.4) is 0 Å². The molecule has 20 heavy (non-hydrogen) atoms. The summed E-state index contributed by atoms with van der Waals surface area (Å²) in [6, 6.07) is 12.6. The molecule has 1 aliphatic rings. The third-order valence-electron chi connectivity index (χ3n) is 4.02. The first-order valence-corrected chi connectivity index (χ1v) is 7.63. The van der Waals surface area contributed by atoms with E-state index < -0.39 is 0 Å². The van der Waals surface area contributed by atoms with Gasteiger partial charge in [0, 0.05) is 22.5 Å². The van der Waals surface area contributed by atoms with Crippen molar-refractivity contribution in [3.8, 4) is 5.75 Å². The van der Waals surface area contributed by atoms with Crippen LogP contribution in [-0.4, -0.2) is 0 Å². The third kappa shape index (κ3) is 2.48. The molecule has 0 spiro atoms. The number of benzene rings is 2. The van der Waals surface area contributed by atoms with E-state index in [2.05, 4.69) is 48.0 Å². The molecule has 0 amide bonds. The molecule has 104 valence electrons. The van der Waals surface area contributed by atoms with Crippen molar-refractivity contribution in [1.29, 1.82) is 0 Å². The van der Waals surface area contributed by atoms with Crippen LogP contribution in [0.25, 0.3) is 0 Å². The number of nitrogens with two attached hydrogens (primary N) is 1. The molecule has 2 N–H and O–H groups in total. The Morgan fingerprint density at radius 2 is 1.90 bits per heavy atom. The molecule has 0 radical (unpaired) electrons. The van der Waals surface area contributed by atoms with Crippen LogP contribution in [0.4, 0.5) is 0 Å². The lowest BCUT2D eigenvalue weighted by molar-refractivity contribution is 0.161. The van der Waals surface area contributed by atoms with Gasteiger partial charge in [0.15, 0.2) is 0 Å². The molecular formula is C17H18BrNO. The monoisotopic (exact) mass is 331 g/mol. The van der Waals surface area contributed by atoms with Gasteiger partial charge in [-0.1, -0.05) is 40.2 Å². The van der Waals surface area contributed by atoms with Gasteiger partial charge < -0.3 is 10.5 Å². The minimum Gasteiger partial charge on any atom is -0.485 e. The van der Waals surface area contributed by atoms with Gasteiger partial charge in [-0.05, 0) is 42.7 Å². The highest BCUT2D eigenvalue weighted by atomic mass is 79.9. The molecule has 2 aromatic carbocycles. The van der Waals surface area contributed by atoms with Crippen LogP contribution in [0.5, 0.6) is 5.75 Å². The quantitative estimate of drug-likeness (QED) is 0.829. The molecule has 2 aromatic rings. The summed E-state index contributed by atoms with van der Waals surface area (Å²) in [5.41, 5.74) is 11.2. The van der Waals surface area contributed by atoms with Gasteiger partial charge >= 0.3 is 0 Å². The van der Waals surface area contributed by atoms with Crippen LogP contribution < -0.4 is 10.5 Å². The lowest BCUT2D eigenvalue weighted by Gasteiger charge is -2.31. The number of hydrogen-bond acceptors (Lipinski definition) is 2. The first kappa shape index (κ1) is 13.7. The highest BCUT2D eigenvalue weighted by Gasteiger charge is 2.27. The summed E-state index contributed by atoms with van der Waals surface area (Å²) in [5, 5.41) is 0. The maximum absolute atomic E-state index is 6.30. The molecule has 3 rings (SSSR count). The lowest BCUT2D eigenvalue weighted by Crippen LogP contribution is -2.24.